The number of rotatable bonds is 6. The molecule has 0 bridgehead atoms. The molecule has 0 saturated carbocycles. The number of methoxy groups -OCH3 is 1. The minimum atomic E-state index is -0.438. The van der Waals surface area contributed by atoms with Crippen molar-refractivity contribution in [3.63, 3.8) is 0 Å². The molecular weight excluding hydrogens is 298 g/mol. The first kappa shape index (κ1) is 16.6. The van der Waals surface area contributed by atoms with Gasteiger partial charge in [-0.1, -0.05) is 0 Å². The molecule has 120 valence electrons. The molecule has 0 saturated heterocycles. The zero-order valence-electron chi connectivity index (χ0n) is 12.9. The van der Waals surface area contributed by atoms with Crippen molar-refractivity contribution in [2.24, 2.45) is 0 Å². The predicted octanol–water partition coefficient (Wildman–Crippen LogP) is 1.34. The third-order valence-electron chi connectivity index (χ3n) is 3.16. The lowest BCUT2D eigenvalue weighted by Gasteiger charge is -2.08. The zero-order valence-corrected chi connectivity index (χ0v) is 12.9. The molecule has 0 unspecified atom stereocenters. The quantitative estimate of drug-likeness (QED) is 0.813. The van der Waals surface area contributed by atoms with Crippen LogP contribution in [0.2, 0.25) is 0 Å². The van der Waals surface area contributed by atoms with Gasteiger partial charge in [-0.3, -0.25) is 14.4 Å². The molecule has 0 radical (unpaired) electrons. The summed E-state index contributed by atoms with van der Waals surface area (Å²) >= 11 is 0. The maximum atomic E-state index is 12.2. The van der Waals surface area contributed by atoms with Gasteiger partial charge in [-0.15, -0.1) is 0 Å². The van der Waals surface area contributed by atoms with Crippen molar-refractivity contribution in [2.75, 3.05) is 19.0 Å². The summed E-state index contributed by atoms with van der Waals surface area (Å²) in [4.78, 5) is 35.0. The minimum Gasteiger partial charge on any atom is -0.383 e. The molecule has 1 aromatic heterocycles. The van der Waals surface area contributed by atoms with E-state index in [1.165, 1.54) is 30.8 Å². The highest BCUT2D eigenvalue weighted by Gasteiger charge is 2.10. The Hall–Kier alpha value is -2.80. The van der Waals surface area contributed by atoms with Crippen LogP contribution in [0.4, 0.5) is 5.69 Å². The van der Waals surface area contributed by atoms with E-state index >= 15 is 0 Å². The van der Waals surface area contributed by atoms with Crippen molar-refractivity contribution in [3.8, 4) is 0 Å². The zero-order chi connectivity index (χ0) is 16.8. The molecule has 1 heterocycles. The number of benzene rings is 1. The van der Waals surface area contributed by atoms with E-state index < -0.39 is 5.91 Å². The summed E-state index contributed by atoms with van der Waals surface area (Å²) in [7, 11) is 1.52. The van der Waals surface area contributed by atoms with Crippen molar-refractivity contribution in [3.05, 3.63) is 58.0 Å². The Morgan fingerprint density at radius 1 is 1.17 bits per heavy atom. The predicted molar refractivity (Wildman–Crippen MR) is 84.8 cm³/mol. The first-order valence-corrected chi connectivity index (χ1v) is 7.00. The maximum absolute atomic E-state index is 12.2. The number of ether oxygens (including phenoxy) is 1. The summed E-state index contributed by atoms with van der Waals surface area (Å²) < 4.78 is 6.08. The van der Waals surface area contributed by atoms with Gasteiger partial charge in [-0.2, -0.15) is 5.10 Å². The number of nitrogens with zero attached hydrogens (tertiary/aromatic N) is 2. The Labute approximate surface area is 132 Å². The van der Waals surface area contributed by atoms with Crippen LogP contribution in [0.3, 0.4) is 0 Å². The summed E-state index contributed by atoms with van der Waals surface area (Å²) in [6, 6.07) is 9.18. The van der Waals surface area contributed by atoms with Crippen LogP contribution in [0.25, 0.3) is 0 Å². The van der Waals surface area contributed by atoms with Gasteiger partial charge in [0.15, 0.2) is 5.78 Å². The first-order valence-electron chi connectivity index (χ1n) is 7.00. The fourth-order valence-corrected chi connectivity index (χ4v) is 1.89. The second-order valence-corrected chi connectivity index (χ2v) is 4.86. The molecule has 0 aliphatic heterocycles. The fraction of sp³-hybridized carbons (Fsp3) is 0.250. The number of carbonyl (C=O) groups is 2. The second-order valence-electron chi connectivity index (χ2n) is 4.86. The van der Waals surface area contributed by atoms with Crippen LogP contribution in [0.1, 0.15) is 27.8 Å². The van der Waals surface area contributed by atoms with Gasteiger partial charge in [0.05, 0.1) is 13.2 Å². The summed E-state index contributed by atoms with van der Waals surface area (Å²) in [6.07, 6.45) is 0. The average molecular weight is 315 g/mol. The molecule has 1 N–H and O–H groups in total. The molecule has 1 amide bonds. The third-order valence-corrected chi connectivity index (χ3v) is 3.16. The smallest absolute Gasteiger partial charge is 0.276 e. The van der Waals surface area contributed by atoms with Crippen molar-refractivity contribution >= 4 is 17.4 Å². The van der Waals surface area contributed by atoms with Crippen LogP contribution in [0, 0.1) is 0 Å². The van der Waals surface area contributed by atoms with Crippen molar-refractivity contribution in [1.29, 1.82) is 0 Å². The van der Waals surface area contributed by atoms with Gasteiger partial charge in [-0.05, 0) is 37.3 Å². The number of anilines is 1. The summed E-state index contributed by atoms with van der Waals surface area (Å²) in [5.41, 5.74) is 0.923. The molecular formula is C16H17N3O4. The van der Waals surface area contributed by atoms with Crippen LogP contribution < -0.4 is 10.9 Å². The van der Waals surface area contributed by atoms with E-state index in [2.05, 4.69) is 10.4 Å². The Morgan fingerprint density at radius 2 is 1.87 bits per heavy atom. The standard InChI is InChI=1S/C16H17N3O4/c1-11(20)12-3-5-13(6-4-12)17-16(22)14-7-8-15(21)19(18-14)9-10-23-2/h3-8H,9-10H2,1-2H3,(H,17,22). The number of carbonyl (C=O) groups excluding carboxylic acids is 2. The highest BCUT2D eigenvalue weighted by atomic mass is 16.5. The highest BCUT2D eigenvalue weighted by molar-refractivity contribution is 6.03. The first-order chi connectivity index (χ1) is 11.0. The molecule has 23 heavy (non-hydrogen) atoms. The minimum absolute atomic E-state index is 0.0465. The molecule has 1 aromatic carbocycles. The maximum Gasteiger partial charge on any atom is 0.276 e. The Balaban J connectivity index is 2.14. The number of aromatic nitrogens is 2. The van der Waals surface area contributed by atoms with Crippen molar-refractivity contribution in [1.82, 2.24) is 9.78 Å². The molecule has 2 rings (SSSR count). The number of ketones is 1. The molecule has 0 spiro atoms. The van der Waals surface area contributed by atoms with E-state index in [1.54, 1.807) is 24.3 Å². The number of nitrogens with one attached hydrogen (secondary N) is 1. The van der Waals surface area contributed by atoms with Crippen molar-refractivity contribution < 1.29 is 14.3 Å². The fourth-order valence-electron chi connectivity index (χ4n) is 1.89. The molecule has 2 aromatic rings. The van der Waals surface area contributed by atoms with Crippen LogP contribution >= 0.6 is 0 Å². The Bertz CT molecular complexity index is 766. The van der Waals surface area contributed by atoms with Gasteiger partial charge in [-0.25, -0.2) is 4.68 Å². The van der Waals surface area contributed by atoms with E-state index in [9.17, 15) is 14.4 Å². The van der Waals surface area contributed by atoms with E-state index in [4.69, 9.17) is 4.74 Å². The van der Waals surface area contributed by atoms with Crippen LogP contribution in [-0.2, 0) is 11.3 Å². The topological polar surface area (TPSA) is 90.3 Å². The average Bonchev–Trinajstić information content (AvgIpc) is 2.54. The van der Waals surface area contributed by atoms with Gasteiger partial charge < -0.3 is 10.1 Å². The van der Waals surface area contributed by atoms with Crippen LogP contribution in [-0.4, -0.2) is 35.2 Å². The SMILES string of the molecule is COCCn1nc(C(=O)Nc2ccc(C(C)=O)cc2)ccc1=O. The summed E-state index contributed by atoms with van der Waals surface area (Å²) in [5.74, 6) is -0.485. The van der Waals surface area contributed by atoms with Crippen LogP contribution in [0.5, 0.6) is 0 Å². The van der Waals surface area contributed by atoms with Gasteiger partial charge in [0.2, 0.25) is 0 Å². The third kappa shape index (κ3) is 4.33. The van der Waals surface area contributed by atoms with Crippen LogP contribution in [0.15, 0.2) is 41.2 Å². The van der Waals surface area contributed by atoms with Crippen molar-refractivity contribution in [2.45, 2.75) is 13.5 Å². The largest absolute Gasteiger partial charge is 0.383 e. The molecule has 0 fully saturated rings. The summed E-state index contributed by atoms with van der Waals surface area (Å²) in [6.45, 7) is 2.06. The molecule has 0 aliphatic rings. The Morgan fingerprint density at radius 3 is 2.48 bits per heavy atom. The van der Waals surface area contributed by atoms with Gasteiger partial charge in [0.25, 0.3) is 11.5 Å². The van der Waals surface area contributed by atoms with E-state index in [0.717, 1.165) is 0 Å². The lowest BCUT2D eigenvalue weighted by atomic mass is 10.1. The molecule has 7 nitrogen and oxygen atoms in total. The molecule has 0 aliphatic carbocycles. The normalized spacial score (nSPS) is 10.3. The van der Waals surface area contributed by atoms with Gasteiger partial charge >= 0.3 is 0 Å². The van der Waals surface area contributed by atoms with Gasteiger partial charge in [0, 0.05) is 24.4 Å². The lowest BCUT2D eigenvalue weighted by Crippen LogP contribution is -2.27. The van der Waals surface area contributed by atoms with E-state index in [1.807, 2.05) is 0 Å². The molecule has 7 heteroatoms. The Kier molecular flexibility index (Phi) is 5.37. The van der Waals surface area contributed by atoms with Gasteiger partial charge in [0.1, 0.15) is 5.69 Å². The number of hydrogen-bond acceptors (Lipinski definition) is 5. The number of Topliss-reactive ketones (excluding diaryl/α,β-unsaturated/α-hetero) is 1. The number of hydrogen-bond donors (Lipinski definition) is 1. The molecule has 0 atom stereocenters. The number of amides is 1. The van der Waals surface area contributed by atoms with E-state index in [-0.39, 0.29) is 23.6 Å². The highest BCUT2D eigenvalue weighted by Crippen LogP contribution is 2.11. The second kappa shape index (κ2) is 7.46. The summed E-state index contributed by atoms with van der Waals surface area (Å²) in [5, 5.41) is 6.68. The lowest BCUT2D eigenvalue weighted by molar-refractivity contribution is 0.101. The van der Waals surface area contributed by atoms with E-state index in [0.29, 0.717) is 17.9 Å². The monoisotopic (exact) mass is 315 g/mol.